The van der Waals surface area contributed by atoms with Gasteiger partial charge < -0.3 is 0 Å². The molecule has 2 amide bonds. The molecule has 1 N–H and O–H groups in total. The summed E-state index contributed by atoms with van der Waals surface area (Å²) in [6, 6.07) is 2.79. The van der Waals surface area contributed by atoms with Gasteiger partial charge >= 0.3 is 0 Å². The average molecular weight is 365 g/mol. The van der Waals surface area contributed by atoms with Crippen LogP contribution >= 0.6 is 23.2 Å². The molecule has 1 aromatic rings. The van der Waals surface area contributed by atoms with E-state index in [2.05, 4.69) is 4.72 Å². The molecule has 0 radical (unpaired) electrons. The van der Waals surface area contributed by atoms with Crippen LogP contribution in [0.4, 0.5) is 0 Å². The predicted molar refractivity (Wildman–Crippen MR) is 82.2 cm³/mol. The molecule has 0 unspecified atom stereocenters. The average Bonchev–Trinajstić information content (AvgIpc) is 2.62. The lowest BCUT2D eigenvalue weighted by atomic mass is 10.3. The minimum absolute atomic E-state index is 0.0579. The highest BCUT2D eigenvalue weighted by atomic mass is 35.5. The first kappa shape index (κ1) is 17.2. The van der Waals surface area contributed by atoms with Crippen molar-refractivity contribution in [2.45, 2.75) is 37.2 Å². The van der Waals surface area contributed by atoms with Crippen LogP contribution in [-0.2, 0) is 19.6 Å². The zero-order valence-corrected chi connectivity index (χ0v) is 14.2. The van der Waals surface area contributed by atoms with Crippen LogP contribution in [0.25, 0.3) is 0 Å². The molecule has 1 saturated heterocycles. The molecular formula is C13H14Cl2N2O4S. The summed E-state index contributed by atoms with van der Waals surface area (Å²) in [6.07, 6.45) is -0.224. The highest BCUT2D eigenvalue weighted by molar-refractivity contribution is 7.89. The molecule has 0 bridgehead atoms. The van der Waals surface area contributed by atoms with E-state index in [-0.39, 0.29) is 27.4 Å². The van der Waals surface area contributed by atoms with Gasteiger partial charge in [0.1, 0.15) is 10.9 Å². The number of nitrogens with zero attached hydrogens (tertiary/aromatic N) is 1. The van der Waals surface area contributed by atoms with E-state index in [1.165, 1.54) is 18.2 Å². The van der Waals surface area contributed by atoms with Crippen LogP contribution < -0.4 is 4.72 Å². The van der Waals surface area contributed by atoms with Gasteiger partial charge in [-0.1, -0.05) is 29.3 Å². The topological polar surface area (TPSA) is 83.6 Å². The Morgan fingerprint density at radius 2 is 1.77 bits per heavy atom. The van der Waals surface area contributed by atoms with E-state index in [9.17, 15) is 18.0 Å². The van der Waals surface area contributed by atoms with Crippen molar-refractivity contribution in [2.75, 3.05) is 0 Å². The Bertz CT molecular complexity index is 713. The second-order valence-electron chi connectivity index (χ2n) is 5.12. The summed E-state index contributed by atoms with van der Waals surface area (Å²) in [7, 11) is -4.12. The van der Waals surface area contributed by atoms with Crippen LogP contribution in [0.5, 0.6) is 0 Å². The van der Waals surface area contributed by atoms with Gasteiger partial charge in [0, 0.05) is 6.04 Å². The standard InChI is InChI=1S/C13H14Cl2N2O4S/c1-7(2)17-11(18)6-10(13(17)19)16-22(20,21)12-8(14)4-3-5-9(12)15/h3-5,7,10,16H,6H2,1-2H3/t10-/m1/s1. The fraction of sp³-hybridized carbons (Fsp3) is 0.385. The third-order valence-corrected chi connectivity index (χ3v) is 5.61. The molecule has 0 aromatic heterocycles. The summed E-state index contributed by atoms with van der Waals surface area (Å²) in [5.41, 5.74) is 0. The maximum atomic E-state index is 12.4. The molecule has 120 valence electrons. The monoisotopic (exact) mass is 364 g/mol. The van der Waals surface area contributed by atoms with Gasteiger partial charge in [-0.2, -0.15) is 4.72 Å². The van der Waals surface area contributed by atoms with E-state index in [0.717, 1.165) is 4.90 Å². The number of carbonyl (C=O) groups is 2. The van der Waals surface area contributed by atoms with Gasteiger partial charge in [-0.15, -0.1) is 0 Å². The molecule has 1 atom stereocenters. The zero-order chi connectivity index (χ0) is 16.7. The SMILES string of the molecule is CC(C)N1C(=O)C[C@@H](NS(=O)(=O)c2c(Cl)cccc2Cl)C1=O. The van der Waals surface area contributed by atoms with Gasteiger partial charge in [0.05, 0.1) is 16.5 Å². The molecule has 1 aliphatic heterocycles. The number of nitrogens with one attached hydrogen (secondary N) is 1. The highest BCUT2D eigenvalue weighted by Gasteiger charge is 2.42. The summed E-state index contributed by atoms with van der Waals surface area (Å²) in [5, 5.41) is -0.116. The number of sulfonamides is 1. The van der Waals surface area contributed by atoms with Crippen molar-refractivity contribution >= 4 is 45.0 Å². The Balaban J connectivity index is 2.31. The molecule has 0 saturated carbocycles. The predicted octanol–water partition coefficient (Wildman–Crippen LogP) is 1.81. The Morgan fingerprint density at radius 1 is 1.23 bits per heavy atom. The van der Waals surface area contributed by atoms with Crippen molar-refractivity contribution in [1.82, 2.24) is 9.62 Å². The summed E-state index contributed by atoms with van der Waals surface area (Å²) in [5.74, 6) is -0.996. The fourth-order valence-electron chi connectivity index (χ4n) is 2.27. The molecule has 1 fully saturated rings. The summed E-state index contributed by atoms with van der Waals surface area (Å²) < 4.78 is 27.0. The second-order valence-corrected chi connectivity index (χ2v) is 7.59. The largest absolute Gasteiger partial charge is 0.279 e. The van der Waals surface area contributed by atoms with E-state index >= 15 is 0 Å². The molecule has 1 heterocycles. The van der Waals surface area contributed by atoms with Gasteiger partial charge in [-0.3, -0.25) is 14.5 Å². The number of rotatable bonds is 4. The third-order valence-electron chi connectivity index (χ3n) is 3.18. The van der Waals surface area contributed by atoms with E-state index in [0.29, 0.717) is 0 Å². The van der Waals surface area contributed by atoms with Crippen molar-refractivity contribution in [3.63, 3.8) is 0 Å². The minimum atomic E-state index is -4.12. The van der Waals surface area contributed by atoms with Gasteiger partial charge in [0.25, 0.3) is 0 Å². The summed E-state index contributed by atoms with van der Waals surface area (Å²) >= 11 is 11.8. The van der Waals surface area contributed by atoms with E-state index in [1.54, 1.807) is 13.8 Å². The van der Waals surface area contributed by atoms with Crippen LogP contribution in [0, 0.1) is 0 Å². The number of amides is 2. The van der Waals surface area contributed by atoms with Crippen molar-refractivity contribution in [3.05, 3.63) is 28.2 Å². The molecule has 1 aromatic carbocycles. The van der Waals surface area contributed by atoms with Crippen LogP contribution in [0.1, 0.15) is 20.3 Å². The molecule has 6 nitrogen and oxygen atoms in total. The molecule has 2 rings (SSSR count). The summed E-state index contributed by atoms with van der Waals surface area (Å²) in [4.78, 5) is 24.7. The second kappa shape index (κ2) is 6.16. The maximum Gasteiger partial charge on any atom is 0.248 e. The number of hydrogen-bond donors (Lipinski definition) is 1. The normalized spacial score (nSPS) is 19.3. The molecule has 9 heteroatoms. The number of imide groups is 1. The molecule has 1 aliphatic rings. The van der Waals surface area contributed by atoms with Crippen molar-refractivity contribution in [1.29, 1.82) is 0 Å². The molecular weight excluding hydrogens is 351 g/mol. The van der Waals surface area contributed by atoms with Crippen molar-refractivity contribution in [2.24, 2.45) is 0 Å². The molecule has 22 heavy (non-hydrogen) atoms. The smallest absolute Gasteiger partial charge is 0.248 e. The van der Waals surface area contributed by atoms with Gasteiger partial charge in [-0.25, -0.2) is 8.42 Å². The van der Waals surface area contributed by atoms with Gasteiger partial charge in [0.15, 0.2) is 0 Å². The number of benzene rings is 1. The van der Waals surface area contributed by atoms with E-state index in [1.807, 2.05) is 0 Å². The highest BCUT2D eigenvalue weighted by Crippen LogP contribution is 2.29. The number of carbonyl (C=O) groups excluding carboxylic acids is 2. The first-order chi connectivity index (χ1) is 10.1. The Hall–Kier alpha value is -1.15. The Kier molecular flexibility index (Phi) is 4.81. The Labute approximate surface area is 138 Å². The quantitative estimate of drug-likeness (QED) is 0.825. The van der Waals surface area contributed by atoms with Crippen LogP contribution in [-0.4, -0.2) is 37.2 Å². The maximum absolute atomic E-state index is 12.4. The lowest BCUT2D eigenvalue weighted by Crippen LogP contribution is -2.43. The van der Waals surface area contributed by atoms with Crippen LogP contribution in [0.3, 0.4) is 0 Å². The minimum Gasteiger partial charge on any atom is -0.279 e. The molecule has 0 spiro atoms. The van der Waals surface area contributed by atoms with Crippen molar-refractivity contribution < 1.29 is 18.0 Å². The summed E-state index contributed by atoms with van der Waals surface area (Å²) in [6.45, 7) is 3.36. The molecule has 0 aliphatic carbocycles. The number of halogens is 2. The van der Waals surface area contributed by atoms with Gasteiger partial charge in [0.2, 0.25) is 21.8 Å². The van der Waals surface area contributed by atoms with Gasteiger partial charge in [-0.05, 0) is 26.0 Å². The van der Waals surface area contributed by atoms with Crippen LogP contribution in [0.15, 0.2) is 23.1 Å². The first-order valence-electron chi connectivity index (χ1n) is 6.47. The Morgan fingerprint density at radius 3 is 2.23 bits per heavy atom. The number of likely N-dealkylation sites (tertiary alicyclic amines) is 1. The third kappa shape index (κ3) is 3.12. The first-order valence-corrected chi connectivity index (χ1v) is 8.71. The van der Waals surface area contributed by atoms with E-state index in [4.69, 9.17) is 23.2 Å². The lowest BCUT2D eigenvalue weighted by Gasteiger charge is -2.19. The number of hydrogen-bond acceptors (Lipinski definition) is 4. The van der Waals surface area contributed by atoms with Crippen LogP contribution in [0.2, 0.25) is 10.0 Å². The zero-order valence-electron chi connectivity index (χ0n) is 11.8. The van der Waals surface area contributed by atoms with Crippen molar-refractivity contribution in [3.8, 4) is 0 Å². The lowest BCUT2D eigenvalue weighted by molar-refractivity contribution is -0.140. The fourth-order valence-corrected chi connectivity index (χ4v) is 4.60. The van der Waals surface area contributed by atoms with E-state index < -0.39 is 27.9 Å².